The van der Waals surface area contributed by atoms with Gasteiger partial charge in [0.1, 0.15) is 5.82 Å². The Balaban J connectivity index is 0.000000147. The fourth-order valence-corrected chi connectivity index (χ4v) is 14.5. The van der Waals surface area contributed by atoms with Crippen molar-refractivity contribution in [2.75, 3.05) is 0 Å². The van der Waals surface area contributed by atoms with Crippen molar-refractivity contribution in [2.24, 2.45) is 0 Å². The van der Waals surface area contributed by atoms with Crippen LogP contribution < -0.4 is 0 Å². The Kier molecular flexibility index (Phi) is 25.1. The summed E-state index contributed by atoms with van der Waals surface area (Å²) < 4.78 is 11.1. The number of imidazole rings is 5. The monoisotopic (exact) mass is 2370 g/mol. The Morgan fingerprint density at radius 1 is 0.312 bits per heavy atom. The van der Waals surface area contributed by atoms with E-state index in [-0.39, 0.29) is 133 Å². The van der Waals surface area contributed by atoms with Crippen molar-refractivity contribution in [1.82, 2.24) is 56.9 Å². The number of benzene rings is 8. The first kappa shape index (κ1) is 86.3. The van der Waals surface area contributed by atoms with Gasteiger partial charge in [0.15, 0.2) is 0 Å². The van der Waals surface area contributed by atoms with Gasteiger partial charge in [-0.25, -0.2) is 0 Å². The second-order valence-electron chi connectivity index (χ2n) is 34.6. The summed E-state index contributed by atoms with van der Waals surface area (Å²) in [6.45, 7) is 44.2. The maximum Gasteiger partial charge on any atom is 0.102 e. The number of fused-ring (bicyclic) bond motifs is 23. The molecule has 0 bridgehead atoms. The van der Waals surface area contributed by atoms with Crippen LogP contribution in [0.4, 0.5) is 0 Å². The Morgan fingerprint density at radius 2 is 0.768 bits per heavy atom. The molecule has 0 N–H and O–H groups in total. The molecule has 0 spiro atoms. The first-order chi connectivity index (χ1) is 50.7. The molecule has 0 saturated heterocycles. The van der Waals surface area contributed by atoms with Crippen LogP contribution in [0.2, 0.25) is 0 Å². The molecule has 8 aromatic carbocycles. The number of hydrogen-bond donors (Lipinski definition) is 0. The van der Waals surface area contributed by atoms with Crippen molar-refractivity contribution >= 4 is 126 Å². The summed E-state index contributed by atoms with van der Waals surface area (Å²) in [5.41, 5.74) is 24.2. The second kappa shape index (κ2) is 32.6. The van der Waals surface area contributed by atoms with Crippen molar-refractivity contribution in [3.63, 3.8) is 0 Å². The average molecular weight is 2360 g/mol. The molecular formula is C95H93Ir5N12-5. The van der Waals surface area contributed by atoms with E-state index >= 15 is 0 Å². The van der Waals surface area contributed by atoms with Gasteiger partial charge >= 0.3 is 0 Å². The van der Waals surface area contributed by atoms with Gasteiger partial charge < -0.3 is 27.0 Å². The van der Waals surface area contributed by atoms with Gasteiger partial charge in [-0.15, -0.1) is 136 Å². The van der Waals surface area contributed by atoms with E-state index in [2.05, 4.69) is 306 Å². The molecule has 11 aromatic heterocycles. The molecule has 19 aromatic rings. The van der Waals surface area contributed by atoms with Crippen LogP contribution in [0.3, 0.4) is 0 Å². The number of rotatable bonds is 0. The quantitative estimate of drug-likeness (QED) is 0.139. The second-order valence-corrected chi connectivity index (χ2v) is 34.6. The van der Waals surface area contributed by atoms with Gasteiger partial charge in [0, 0.05) is 140 Å². The van der Waals surface area contributed by atoms with Crippen molar-refractivity contribution in [1.29, 1.82) is 0 Å². The number of para-hydroxylation sites is 6. The van der Waals surface area contributed by atoms with Crippen molar-refractivity contribution in [3.05, 3.63) is 276 Å². The van der Waals surface area contributed by atoms with Gasteiger partial charge in [-0.1, -0.05) is 207 Å². The third-order valence-corrected chi connectivity index (χ3v) is 20.3. The van der Waals surface area contributed by atoms with E-state index in [1.807, 2.05) is 84.9 Å². The van der Waals surface area contributed by atoms with Gasteiger partial charge in [-0.3, -0.25) is 29.9 Å². The largest absolute Gasteiger partial charge is 0.348 e. The number of nitrogens with zero attached hydrogens (tertiary/aromatic N) is 12. The maximum absolute atomic E-state index is 4.96. The van der Waals surface area contributed by atoms with Crippen molar-refractivity contribution in [3.8, 4) is 0 Å². The minimum Gasteiger partial charge on any atom is -0.348 e. The van der Waals surface area contributed by atoms with Crippen molar-refractivity contribution in [2.45, 2.75) is 171 Å². The number of pyridine rings is 5. The fourth-order valence-electron chi connectivity index (χ4n) is 14.5. The standard InChI is InChI=1S/C22H24N3.2C19H17N2.C18H16N3.C17H19N2.5Ir/c1-21(2,3)18-12-11-14-16(23-18)13-19(22(4,5)6)25-17-10-8-7-9-15(17)24-20(14)25;1-19(2,3)17-12-13-8-4-5-9-14(13)18-20-15-10-6-7-11-16(15)21(17)18;1-19(2,3)14-8-9-16-17(12-14)21-11-10-13-6-4-5-7-15(13)18(21)20-16;1-18(2,3)17-20-13-9-5-4-8-12(13)16-19-14-10-6-7-11-15(14)21(16)17;1-11-12(2)19-10-15(17(3,4)5)13-8-6-7-9-14(13)16(19)18-11;;;;;/h7-10,12-13H,1-6H3;4-8,10-12H,1-3H3;4-6,8-12H,1-3H3;4-7,9-11H,1-3H3;6-8,10H,1-5H3;;;;;/q5*-1;;;;;. The first-order valence-corrected chi connectivity index (χ1v) is 37.1. The van der Waals surface area contributed by atoms with Crippen LogP contribution in [-0.4, -0.2) is 56.9 Å². The molecule has 0 saturated carbocycles. The number of aryl methyl sites for hydroxylation is 2. The zero-order valence-electron chi connectivity index (χ0n) is 67.1. The van der Waals surface area contributed by atoms with E-state index in [1.165, 1.54) is 44.4 Å². The first-order valence-electron chi connectivity index (χ1n) is 37.1. The molecule has 5 radical (unpaired) electrons. The van der Waals surface area contributed by atoms with E-state index in [0.717, 1.165) is 128 Å². The molecule has 112 heavy (non-hydrogen) atoms. The summed E-state index contributed by atoms with van der Waals surface area (Å²) in [5, 5.41) is 8.87. The van der Waals surface area contributed by atoms with Gasteiger partial charge in [-0.2, -0.15) is 0 Å². The minimum absolute atomic E-state index is 0. The Labute approximate surface area is 724 Å². The Hall–Kier alpha value is -8.12. The minimum atomic E-state index is -0.0637. The number of aromatic nitrogens is 12. The normalized spacial score (nSPS) is 12.1. The SMILES string of the molecule is CC(C)(C)c1c[c-]c2c(cc(C(C)(C)C)n3c4ccccc4nc23)n1.CC(C)(C)c1cc2ccc[c-]c2c2nc3ccccc3n12.CC(C)(C)c1ccc2nc3c4[c-]cccc4ccn3c2c1.CC(C)(C)c1nc2ccc[c-]c2c2nc3ccccc3n12.Cc1nc2c3[c-]cccc3c(C(C)(C)C)cn2c1C.[Ir].[Ir].[Ir].[Ir].[Ir]. The molecule has 0 aliphatic carbocycles. The molecular weight excluding hydrogens is 2270 g/mol. The van der Waals surface area contributed by atoms with Crippen LogP contribution in [-0.2, 0) is 133 Å². The summed E-state index contributed by atoms with van der Waals surface area (Å²) in [6.07, 6.45) is 4.34. The van der Waals surface area contributed by atoms with Gasteiger partial charge in [0.05, 0.1) is 72.4 Å². The van der Waals surface area contributed by atoms with Gasteiger partial charge in [0.2, 0.25) is 0 Å². The molecule has 17 heteroatoms. The van der Waals surface area contributed by atoms with E-state index in [0.29, 0.717) is 0 Å². The molecule has 0 fully saturated rings. The van der Waals surface area contributed by atoms with Crippen molar-refractivity contribution < 1.29 is 101 Å². The summed E-state index contributed by atoms with van der Waals surface area (Å²) in [4.78, 5) is 33.9. The Bertz CT molecular complexity index is 6530. The molecule has 0 aliphatic rings. The molecule has 0 aliphatic heterocycles. The van der Waals surface area contributed by atoms with Crippen LogP contribution in [0.1, 0.15) is 170 Å². The van der Waals surface area contributed by atoms with E-state index < -0.39 is 0 Å². The fraction of sp³-hybridized carbons (Fsp3) is 0.274. The molecule has 0 atom stereocenters. The molecule has 19 rings (SSSR count). The summed E-state index contributed by atoms with van der Waals surface area (Å²) in [7, 11) is 0. The maximum atomic E-state index is 4.96. The van der Waals surface area contributed by atoms with Crippen LogP contribution in [0, 0.1) is 44.2 Å². The van der Waals surface area contributed by atoms with E-state index in [1.54, 1.807) is 0 Å². The molecule has 583 valence electrons. The van der Waals surface area contributed by atoms with Crippen LogP contribution in [0.15, 0.2) is 200 Å². The summed E-state index contributed by atoms with van der Waals surface area (Å²) in [6, 6.07) is 81.1. The molecule has 0 amide bonds. The number of hydrogen-bond acceptors (Lipinski definition) is 7. The van der Waals surface area contributed by atoms with Gasteiger partial charge in [-0.05, 0) is 113 Å². The van der Waals surface area contributed by atoms with Crippen LogP contribution in [0.25, 0.3) is 126 Å². The predicted molar refractivity (Wildman–Crippen MR) is 445 cm³/mol. The Morgan fingerprint density at radius 3 is 1.32 bits per heavy atom. The van der Waals surface area contributed by atoms with Crippen LogP contribution in [0.5, 0.6) is 0 Å². The van der Waals surface area contributed by atoms with Crippen LogP contribution >= 0.6 is 0 Å². The third kappa shape index (κ3) is 16.3. The zero-order valence-corrected chi connectivity index (χ0v) is 79.1. The summed E-state index contributed by atoms with van der Waals surface area (Å²) in [5.74, 6) is 1.03. The van der Waals surface area contributed by atoms with E-state index in [4.69, 9.17) is 34.9 Å². The molecule has 12 nitrogen and oxygen atoms in total. The summed E-state index contributed by atoms with van der Waals surface area (Å²) >= 11 is 0. The predicted octanol–water partition coefficient (Wildman–Crippen LogP) is 23.2. The molecule has 11 heterocycles. The zero-order chi connectivity index (χ0) is 75.6. The van der Waals surface area contributed by atoms with Gasteiger partial charge in [0.25, 0.3) is 0 Å². The topological polar surface area (TPSA) is 112 Å². The smallest absolute Gasteiger partial charge is 0.102 e. The average Bonchev–Trinajstić information content (AvgIpc) is 1.56. The van der Waals surface area contributed by atoms with E-state index in [9.17, 15) is 0 Å². The molecule has 0 unspecified atom stereocenters. The third-order valence-electron chi connectivity index (χ3n) is 20.3.